The molecule has 2 aliphatic heterocycles. The van der Waals surface area contributed by atoms with Gasteiger partial charge in [-0.2, -0.15) is 0 Å². The minimum Gasteiger partial charge on any atom is -0.394 e. The SMILES string of the molecule is O=c1[nH]c(=O)n([C@@H]2C[C@@]3(c4ccccc4)O[C@H](CO)[C@@H](O)[C@H]3O2)cc1Br. The number of nitrogens with one attached hydrogen (secondary N) is 1. The lowest BCUT2D eigenvalue weighted by molar-refractivity contribution is -0.0810. The Balaban J connectivity index is 1.78. The number of aliphatic hydroxyl groups excluding tert-OH is 2. The highest BCUT2D eigenvalue weighted by Gasteiger charge is 2.62. The van der Waals surface area contributed by atoms with E-state index in [0.717, 1.165) is 5.56 Å². The molecule has 8 nitrogen and oxygen atoms in total. The second kappa shape index (κ2) is 6.43. The molecule has 0 saturated carbocycles. The van der Waals surface area contributed by atoms with Crippen LogP contribution in [0, 0.1) is 0 Å². The van der Waals surface area contributed by atoms with Crippen molar-refractivity contribution < 1.29 is 19.7 Å². The maximum Gasteiger partial charge on any atom is 0.330 e. The molecule has 3 N–H and O–H groups in total. The van der Waals surface area contributed by atoms with Crippen LogP contribution in [-0.4, -0.2) is 44.7 Å². The molecule has 9 heteroatoms. The summed E-state index contributed by atoms with van der Waals surface area (Å²) in [6, 6.07) is 9.27. The van der Waals surface area contributed by atoms with E-state index in [0.29, 0.717) is 0 Å². The van der Waals surface area contributed by atoms with Gasteiger partial charge in [-0.05, 0) is 21.5 Å². The summed E-state index contributed by atoms with van der Waals surface area (Å²) in [5.74, 6) is 0. The van der Waals surface area contributed by atoms with Crippen LogP contribution in [0.1, 0.15) is 18.2 Å². The number of hydrogen-bond acceptors (Lipinski definition) is 6. The van der Waals surface area contributed by atoms with Crippen LogP contribution < -0.4 is 11.2 Å². The van der Waals surface area contributed by atoms with Crippen LogP contribution in [-0.2, 0) is 15.1 Å². The number of aliphatic hydroxyl groups is 2. The summed E-state index contributed by atoms with van der Waals surface area (Å²) in [6.07, 6.45) is -1.72. The molecule has 2 aromatic rings. The molecule has 26 heavy (non-hydrogen) atoms. The lowest BCUT2D eigenvalue weighted by Crippen LogP contribution is -2.37. The summed E-state index contributed by atoms with van der Waals surface area (Å²) < 4.78 is 13.5. The van der Waals surface area contributed by atoms with Crippen molar-refractivity contribution in [2.75, 3.05) is 6.61 Å². The number of benzene rings is 1. The van der Waals surface area contributed by atoms with Crippen LogP contribution in [0.2, 0.25) is 0 Å². The van der Waals surface area contributed by atoms with Crippen molar-refractivity contribution >= 4 is 15.9 Å². The largest absolute Gasteiger partial charge is 0.394 e. The standard InChI is InChI=1S/C17H17BrN2O6/c18-10-7-20(16(24)19-15(10)23)12-6-17(9-4-2-1-3-5-9)14(25-12)13(22)11(8-21)26-17/h1-5,7,11-14,21-22H,6,8H2,(H,19,23,24)/t11-,12+,13-,14-,17+/m1/s1. The lowest BCUT2D eigenvalue weighted by atomic mass is 9.86. The Bertz CT molecular complexity index is 929. The summed E-state index contributed by atoms with van der Waals surface area (Å²) in [7, 11) is 0. The summed E-state index contributed by atoms with van der Waals surface area (Å²) >= 11 is 3.11. The van der Waals surface area contributed by atoms with E-state index in [1.165, 1.54) is 10.8 Å². The van der Waals surface area contributed by atoms with E-state index in [1.807, 2.05) is 30.3 Å². The fourth-order valence-corrected chi connectivity index (χ4v) is 4.08. The molecule has 1 aromatic heterocycles. The minimum absolute atomic E-state index is 0.196. The topological polar surface area (TPSA) is 114 Å². The van der Waals surface area contributed by atoms with Crippen molar-refractivity contribution in [3.8, 4) is 0 Å². The number of ether oxygens (including phenoxy) is 2. The highest BCUT2D eigenvalue weighted by atomic mass is 79.9. The van der Waals surface area contributed by atoms with Crippen LogP contribution in [0.5, 0.6) is 0 Å². The average Bonchev–Trinajstić information content (AvgIpc) is 3.14. The van der Waals surface area contributed by atoms with Crippen LogP contribution >= 0.6 is 15.9 Å². The van der Waals surface area contributed by atoms with Gasteiger partial charge in [0.1, 0.15) is 30.1 Å². The molecule has 0 unspecified atom stereocenters. The van der Waals surface area contributed by atoms with Crippen molar-refractivity contribution in [2.24, 2.45) is 0 Å². The van der Waals surface area contributed by atoms with E-state index >= 15 is 0 Å². The molecule has 1 aromatic carbocycles. The van der Waals surface area contributed by atoms with E-state index in [1.54, 1.807) is 0 Å². The number of rotatable bonds is 3. The molecule has 2 aliphatic rings. The molecule has 5 atom stereocenters. The molecule has 2 fully saturated rings. The number of fused-ring (bicyclic) bond motifs is 1. The highest BCUT2D eigenvalue weighted by Crippen LogP contribution is 2.52. The van der Waals surface area contributed by atoms with Gasteiger partial charge < -0.3 is 19.7 Å². The van der Waals surface area contributed by atoms with Crippen molar-refractivity contribution in [1.29, 1.82) is 0 Å². The van der Waals surface area contributed by atoms with Gasteiger partial charge in [-0.1, -0.05) is 30.3 Å². The second-order valence-corrected chi connectivity index (χ2v) is 7.30. The fraction of sp³-hybridized carbons (Fsp3) is 0.412. The van der Waals surface area contributed by atoms with E-state index in [9.17, 15) is 19.8 Å². The maximum absolute atomic E-state index is 12.2. The molecular weight excluding hydrogens is 408 g/mol. The quantitative estimate of drug-likeness (QED) is 0.649. The second-order valence-electron chi connectivity index (χ2n) is 6.44. The number of halogens is 1. The molecule has 0 radical (unpaired) electrons. The maximum atomic E-state index is 12.2. The number of H-pyrrole nitrogens is 1. The zero-order chi connectivity index (χ0) is 18.5. The zero-order valence-corrected chi connectivity index (χ0v) is 15.1. The normalized spacial score (nSPS) is 33.3. The first-order valence-electron chi connectivity index (χ1n) is 8.15. The van der Waals surface area contributed by atoms with Gasteiger partial charge in [-0.15, -0.1) is 0 Å². The fourth-order valence-electron chi connectivity index (χ4n) is 3.76. The lowest BCUT2D eigenvalue weighted by Gasteiger charge is -2.27. The van der Waals surface area contributed by atoms with Gasteiger partial charge >= 0.3 is 5.69 Å². The number of nitrogens with zero attached hydrogens (tertiary/aromatic N) is 1. The minimum atomic E-state index is -1.05. The Morgan fingerprint density at radius 3 is 2.73 bits per heavy atom. The monoisotopic (exact) mass is 424 g/mol. The molecule has 138 valence electrons. The number of hydrogen-bond donors (Lipinski definition) is 3. The van der Waals surface area contributed by atoms with Crippen LogP contribution in [0.3, 0.4) is 0 Å². The van der Waals surface area contributed by atoms with Gasteiger partial charge in [0.25, 0.3) is 5.56 Å². The Morgan fingerprint density at radius 2 is 2.04 bits per heavy atom. The summed E-state index contributed by atoms with van der Waals surface area (Å²) in [4.78, 5) is 26.0. The summed E-state index contributed by atoms with van der Waals surface area (Å²) in [6.45, 7) is -0.343. The Hall–Kier alpha value is -1.78. The average molecular weight is 425 g/mol. The molecular formula is C17H17BrN2O6. The molecule has 2 saturated heterocycles. The predicted molar refractivity (Wildman–Crippen MR) is 93.6 cm³/mol. The molecule has 0 bridgehead atoms. The number of aromatic amines is 1. The third-order valence-electron chi connectivity index (χ3n) is 4.97. The van der Waals surface area contributed by atoms with Crippen molar-refractivity contribution in [3.63, 3.8) is 0 Å². The smallest absolute Gasteiger partial charge is 0.330 e. The predicted octanol–water partition coefficient (Wildman–Crippen LogP) is 0.234. The van der Waals surface area contributed by atoms with Gasteiger partial charge in [-0.3, -0.25) is 14.3 Å². The summed E-state index contributed by atoms with van der Waals surface area (Å²) in [5, 5.41) is 20.1. The third-order valence-corrected chi connectivity index (χ3v) is 5.54. The van der Waals surface area contributed by atoms with Gasteiger partial charge in [0.05, 0.1) is 11.1 Å². The third kappa shape index (κ3) is 2.58. The van der Waals surface area contributed by atoms with Gasteiger partial charge in [0.15, 0.2) is 0 Å². The first-order valence-corrected chi connectivity index (χ1v) is 8.94. The molecule has 0 spiro atoms. The summed E-state index contributed by atoms with van der Waals surface area (Å²) in [5.41, 5.74) is -1.35. The molecule has 3 heterocycles. The van der Waals surface area contributed by atoms with Gasteiger partial charge in [0, 0.05) is 12.6 Å². The van der Waals surface area contributed by atoms with Crippen LogP contribution in [0.25, 0.3) is 0 Å². The van der Waals surface area contributed by atoms with E-state index in [-0.39, 0.29) is 17.5 Å². The van der Waals surface area contributed by atoms with Gasteiger partial charge in [-0.25, -0.2) is 4.79 Å². The Morgan fingerprint density at radius 1 is 1.31 bits per heavy atom. The van der Waals surface area contributed by atoms with E-state index in [4.69, 9.17) is 9.47 Å². The Labute approximate surface area is 156 Å². The van der Waals surface area contributed by atoms with Gasteiger partial charge in [0.2, 0.25) is 0 Å². The zero-order valence-electron chi connectivity index (χ0n) is 13.5. The highest BCUT2D eigenvalue weighted by molar-refractivity contribution is 9.10. The molecule has 4 rings (SSSR count). The Kier molecular flexibility index (Phi) is 4.36. The van der Waals surface area contributed by atoms with Crippen LogP contribution in [0.15, 0.2) is 50.6 Å². The van der Waals surface area contributed by atoms with Crippen molar-refractivity contribution in [3.05, 3.63) is 67.4 Å². The van der Waals surface area contributed by atoms with E-state index < -0.39 is 41.4 Å². The first-order chi connectivity index (χ1) is 12.5. The molecule has 0 aliphatic carbocycles. The first kappa shape index (κ1) is 17.6. The van der Waals surface area contributed by atoms with Crippen molar-refractivity contribution in [2.45, 2.75) is 36.6 Å². The van der Waals surface area contributed by atoms with E-state index in [2.05, 4.69) is 20.9 Å². The van der Waals surface area contributed by atoms with Crippen molar-refractivity contribution in [1.82, 2.24) is 9.55 Å². The van der Waals surface area contributed by atoms with Crippen LogP contribution in [0.4, 0.5) is 0 Å². The molecule has 0 amide bonds. The number of aromatic nitrogens is 2.